The number of nitriles is 1. The monoisotopic (exact) mass is 148 g/mol. The zero-order chi connectivity index (χ0) is 7.28. The summed E-state index contributed by atoms with van der Waals surface area (Å²) in [4.78, 5) is 10.8. The molecule has 0 aromatic heterocycles. The minimum absolute atomic E-state index is 0.164. The van der Waals surface area contributed by atoms with Gasteiger partial charge in [0.2, 0.25) is 0 Å². The molecule has 9 heavy (non-hydrogen) atoms. The molecular weight excluding hydrogens is 144 g/mol. The van der Waals surface area contributed by atoms with E-state index in [4.69, 9.17) is 22.0 Å². The molecule has 0 radical (unpaired) electrons. The number of rotatable bonds is 2. The Balaban J connectivity index is 3.71. The van der Waals surface area contributed by atoms with Crippen molar-refractivity contribution in [2.45, 2.75) is 0 Å². The van der Waals surface area contributed by atoms with Gasteiger partial charge in [-0.3, -0.25) is 4.90 Å². The van der Waals surface area contributed by atoms with Crippen LogP contribution in [-0.4, -0.2) is 28.6 Å². The molecule has 1 amide bonds. The molecule has 0 aromatic rings. The molecule has 5 heteroatoms. The Hall–Kier alpha value is -0.950. The molecule has 0 unspecified atom stereocenters. The summed E-state index contributed by atoms with van der Waals surface area (Å²) in [5, 5.41) is 16.2. The lowest BCUT2D eigenvalue weighted by molar-refractivity contribution is 0.158. The van der Waals surface area contributed by atoms with Gasteiger partial charge in [-0.15, -0.1) is 11.6 Å². The molecular formula is C4H5ClN2O2. The lowest BCUT2D eigenvalue weighted by atomic mass is 10.6. The van der Waals surface area contributed by atoms with Crippen molar-refractivity contribution in [1.82, 2.24) is 4.90 Å². The number of nitrogens with zero attached hydrogens (tertiary/aromatic N) is 2. The van der Waals surface area contributed by atoms with Gasteiger partial charge in [0, 0.05) is 0 Å². The number of carboxylic acid groups (broad SMARTS) is 1. The summed E-state index contributed by atoms with van der Waals surface area (Å²) in [5.74, 6) is 0. The van der Waals surface area contributed by atoms with Crippen molar-refractivity contribution in [2.75, 3.05) is 12.5 Å². The second kappa shape index (κ2) is 3.98. The topological polar surface area (TPSA) is 64.3 Å². The Labute approximate surface area is 57.2 Å². The minimum Gasteiger partial charge on any atom is -0.465 e. The molecule has 0 aliphatic carbocycles. The second-order valence-electron chi connectivity index (χ2n) is 1.26. The zero-order valence-corrected chi connectivity index (χ0v) is 5.30. The van der Waals surface area contributed by atoms with Crippen molar-refractivity contribution in [3.8, 4) is 6.07 Å². The first-order valence-corrected chi connectivity index (χ1v) is 2.66. The molecule has 0 saturated carbocycles. The maximum atomic E-state index is 10.0. The Kier molecular flexibility index (Phi) is 3.56. The van der Waals surface area contributed by atoms with Crippen LogP contribution in [0.4, 0.5) is 4.79 Å². The molecule has 1 N–H and O–H groups in total. The van der Waals surface area contributed by atoms with Crippen LogP contribution >= 0.6 is 11.6 Å². The minimum atomic E-state index is -1.17. The summed E-state index contributed by atoms with van der Waals surface area (Å²) >= 11 is 5.14. The summed E-state index contributed by atoms with van der Waals surface area (Å²) in [6, 6.07) is 1.50. The highest BCUT2D eigenvalue weighted by molar-refractivity contribution is 6.18. The van der Waals surface area contributed by atoms with E-state index >= 15 is 0 Å². The van der Waals surface area contributed by atoms with E-state index in [2.05, 4.69) is 0 Å². The molecule has 0 heterocycles. The third kappa shape index (κ3) is 2.77. The van der Waals surface area contributed by atoms with Gasteiger partial charge in [0.15, 0.2) is 0 Å². The predicted molar refractivity (Wildman–Crippen MR) is 31.1 cm³/mol. The number of amides is 1. The first-order valence-electron chi connectivity index (χ1n) is 2.13. The highest BCUT2D eigenvalue weighted by Gasteiger charge is 2.07. The average Bonchev–Trinajstić information content (AvgIpc) is 1.82. The predicted octanol–water partition coefficient (Wildman–Crippen LogP) is 0.686. The Morgan fingerprint density at radius 1 is 1.89 bits per heavy atom. The summed E-state index contributed by atoms with van der Waals surface area (Å²) in [6.07, 6.45) is -1.17. The van der Waals surface area contributed by atoms with Gasteiger partial charge in [-0.1, -0.05) is 0 Å². The fourth-order valence-electron chi connectivity index (χ4n) is 0.246. The van der Waals surface area contributed by atoms with Crippen molar-refractivity contribution in [1.29, 1.82) is 5.26 Å². The third-order valence-electron chi connectivity index (χ3n) is 0.676. The van der Waals surface area contributed by atoms with E-state index in [9.17, 15) is 4.79 Å². The number of hydrogen-bond acceptors (Lipinski definition) is 2. The zero-order valence-electron chi connectivity index (χ0n) is 4.54. The van der Waals surface area contributed by atoms with E-state index < -0.39 is 6.09 Å². The van der Waals surface area contributed by atoms with Gasteiger partial charge in [-0.05, 0) is 0 Å². The maximum Gasteiger partial charge on any atom is 0.409 e. The van der Waals surface area contributed by atoms with Crippen molar-refractivity contribution >= 4 is 17.7 Å². The van der Waals surface area contributed by atoms with E-state index in [0.717, 1.165) is 4.90 Å². The molecule has 0 spiro atoms. The molecule has 0 saturated heterocycles. The van der Waals surface area contributed by atoms with Gasteiger partial charge in [0.25, 0.3) is 0 Å². The molecule has 0 aromatic carbocycles. The van der Waals surface area contributed by atoms with E-state index in [1.807, 2.05) is 0 Å². The van der Waals surface area contributed by atoms with Crippen LogP contribution in [0.1, 0.15) is 0 Å². The van der Waals surface area contributed by atoms with Gasteiger partial charge >= 0.3 is 6.09 Å². The normalized spacial score (nSPS) is 8.00. The highest BCUT2D eigenvalue weighted by atomic mass is 35.5. The third-order valence-corrected chi connectivity index (χ3v) is 0.965. The van der Waals surface area contributed by atoms with Crippen molar-refractivity contribution in [2.24, 2.45) is 0 Å². The van der Waals surface area contributed by atoms with Crippen LogP contribution < -0.4 is 0 Å². The first-order chi connectivity index (χ1) is 4.22. The smallest absolute Gasteiger partial charge is 0.409 e. The summed E-state index contributed by atoms with van der Waals surface area (Å²) in [6.45, 7) is -0.182. The van der Waals surface area contributed by atoms with Crippen LogP contribution in [0.25, 0.3) is 0 Å². The maximum absolute atomic E-state index is 10.0. The van der Waals surface area contributed by atoms with Gasteiger partial charge < -0.3 is 5.11 Å². The second-order valence-corrected chi connectivity index (χ2v) is 1.50. The quantitative estimate of drug-likeness (QED) is 0.356. The van der Waals surface area contributed by atoms with E-state index in [-0.39, 0.29) is 12.5 Å². The lowest BCUT2D eigenvalue weighted by Gasteiger charge is -2.09. The van der Waals surface area contributed by atoms with Crippen molar-refractivity contribution < 1.29 is 9.90 Å². The van der Waals surface area contributed by atoms with Crippen LogP contribution in [0.15, 0.2) is 0 Å². The molecule has 0 atom stereocenters. The first kappa shape index (κ1) is 8.05. The Morgan fingerprint density at radius 3 is 2.56 bits per heavy atom. The average molecular weight is 149 g/mol. The van der Waals surface area contributed by atoms with Gasteiger partial charge in [0.05, 0.1) is 12.1 Å². The van der Waals surface area contributed by atoms with Crippen LogP contribution in [0.2, 0.25) is 0 Å². The summed E-state index contributed by atoms with van der Waals surface area (Å²) in [7, 11) is 0. The molecule has 0 aliphatic rings. The fourth-order valence-corrected chi connectivity index (χ4v) is 0.433. The van der Waals surface area contributed by atoms with Crippen molar-refractivity contribution in [3.05, 3.63) is 0 Å². The van der Waals surface area contributed by atoms with Gasteiger partial charge in [0.1, 0.15) is 6.54 Å². The van der Waals surface area contributed by atoms with E-state index in [1.54, 1.807) is 6.07 Å². The molecule has 0 aliphatic heterocycles. The molecule has 50 valence electrons. The Bertz CT molecular complexity index is 142. The number of carbonyl (C=O) groups is 1. The molecule has 4 nitrogen and oxygen atoms in total. The number of halogens is 1. The number of hydrogen-bond donors (Lipinski definition) is 1. The molecule has 0 bridgehead atoms. The van der Waals surface area contributed by atoms with Gasteiger partial charge in [-0.2, -0.15) is 5.26 Å². The number of alkyl halides is 1. The van der Waals surface area contributed by atoms with Crippen LogP contribution in [0.5, 0.6) is 0 Å². The summed E-state index contributed by atoms with van der Waals surface area (Å²) < 4.78 is 0. The Morgan fingerprint density at radius 2 is 2.44 bits per heavy atom. The van der Waals surface area contributed by atoms with E-state index in [1.165, 1.54) is 0 Å². The summed E-state index contributed by atoms with van der Waals surface area (Å²) in [5.41, 5.74) is 0. The molecule has 0 fully saturated rings. The highest BCUT2D eigenvalue weighted by Crippen LogP contribution is 1.89. The van der Waals surface area contributed by atoms with E-state index in [0.29, 0.717) is 0 Å². The SMILES string of the molecule is N#CCN(CCl)C(=O)O. The van der Waals surface area contributed by atoms with Crippen molar-refractivity contribution in [3.63, 3.8) is 0 Å². The largest absolute Gasteiger partial charge is 0.465 e. The fraction of sp³-hybridized carbons (Fsp3) is 0.500. The van der Waals surface area contributed by atoms with Crippen LogP contribution in [0.3, 0.4) is 0 Å². The lowest BCUT2D eigenvalue weighted by Crippen LogP contribution is -2.28. The van der Waals surface area contributed by atoms with Gasteiger partial charge in [-0.25, -0.2) is 4.79 Å². The standard InChI is InChI=1S/C4H5ClN2O2/c5-3-7(2-1-6)4(8)9/h2-3H2,(H,8,9). The van der Waals surface area contributed by atoms with Crippen LogP contribution in [0, 0.1) is 11.3 Å². The molecule has 0 rings (SSSR count). The van der Waals surface area contributed by atoms with Crippen LogP contribution in [-0.2, 0) is 0 Å².